The van der Waals surface area contributed by atoms with Gasteiger partial charge in [-0.1, -0.05) is 174 Å². The predicted octanol–water partition coefficient (Wildman–Crippen LogP) is 9.17. The van der Waals surface area contributed by atoms with Crippen LogP contribution in [0.3, 0.4) is 0 Å². The van der Waals surface area contributed by atoms with Crippen molar-refractivity contribution in [3.8, 4) is 0 Å². The first-order valence-corrected chi connectivity index (χ1v) is 17.9. The Labute approximate surface area is 255 Å². The number of amides is 1. The molecule has 0 radical (unpaired) electrons. The minimum absolute atomic E-state index is 0.361. The molecule has 0 unspecified atom stereocenters. The van der Waals surface area contributed by atoms with Crippen molar-refractivity contribution in [3.05, 3.63) is 12.2 Å². The van der Waals surface area contributed by atoms with Crippen molar-refractivity contribution in [2.24, 2.45) is 5.92 Å². The van der Waals surface area contributed by atoms with Crippen LogP contribution in [0, 0.1) is 5.92 Å². The summed E-state index contributed by atoms with van der Waals surface area (Å²) in [5.74, 6) is 0.305. The van der Waals surface area contributed by atoms with Gasteiger partial charge >= 0.3 is 0 Å². The van der Waals surface area contributed by atoms with Gasteiger partial charge in [-0.15, -0.1) is 0 Å². The van der Waals surface area contributed by atoms with E-state index in [4.69, 9.17) is 0 Å². The molecule has 0 saturated carbocycles. The van der Waals surface area contributed by atoms with Crippen LogP contribution in [0.25, 0.3) is 0 Å². The molecule has 3 atom stereocenters. The lowest BCUT2D eigenvalue weighted by Gasteiger charge is -2.21. The second-order valence-corrected chi connectivity index (χ2v) is 12.9. The zero-order valence-electron chi connectivity index (χ0n) is 27.6. The van der Waals surface area contributed by atoms with Gasteiger partial charge in [0.1, 0.15) is 6.10 Å². The molecule has 0 heterocycles. The number of allylic oxidation sites excluding steroid dienone is 1. The summed E-state index contributed by atoms with van der Waals surface area (Å²) in [6.45, 7) is 6.47. The highest BCUT2D eigenvalue weighted by atomic mass is 16.3. The standard InChI is InChI=1S/C36H71NO4/c1-4-5-6-7-8-9-10-11-12-13-14-17-21-24-27-30-35(40)36(41)37-33(31-38)34(39)29-26-23-20-18-15-16-19-22-25-28-32(2)3/h26,29,32-35,38-40H,4-25,27-28,30-31H2,1-3H3,(H,37,41)/b29-26+/t33-,34+,35+/m0/s1. The van der Waals surface area contributed by atoms with Gasteiger partial charge in [0.15, 0.2) is 0 Å². The van der Waals surface area contributed by atoms with Gasteiger partial charge < -0.3 is 20.6 Å². The molecule has 41 heavy (non-hydrogen) atoms. The molecule has 0 rings (SSSR count). The molecule has 0 aromatic rings. The van der Waals surface area contributed by atoms with E-state index in [1.165, 1.54) is 122 Å². The van der Waals surface area contributed by atoms with Gasteiger partial charge in [0, 0.05) is 0 Å². The van der Waals surface area contributed by atoms with Gasteiger partial charge in [-0.25, -0.2) is 0 Å². The van der Waals surface area contributed by atoms with Crippen molar-refractivity contribution in [1.82, 2.24) is 5.32 Å². The summed E-state index contributed by atoms with van der Waals surface area (Å²) in [4.78, 5) is 12.4. The summed E-state index contributed by atoms with van der Waals surface area (Å²) >= 11 is 0. The van der Waals surface area contributed by atoms with Gasteiger partial charge in [0.05, 0.1) is 18.8 Å². The molecule has 0 aliphatic rings. The zero-order chi connectivity index (χ0) is 30.4. The molecule has 0 aromatic heterocycles. The van der Waals surface area contributed by atoms with Crippen molar-refractivity contribution in [2.75, 3.05) is 6.61 Å². The number of rotatable bonds is 31. The topological polar surface area (TPSA) is 89.8 Å². The van der Waals surface area contributed by atoms with E-state index < -0.39 is 24.2 Å². The van der Waals surface area contributed by atoms with E-state index in [0.29, 0.717) is 6.42 Å². The lowest BCUT2D eigenvalue weighted by atomic mass is 10.0. The van der Waals surface area contributed by atoms with E-state index in [1.807, 2.05) is 6.08 Å². The summed E-state index contributed by atoms with van der Waals surface area (Å²) in [5.41, 5.74) is 0. The molecule has 4 N–H and O–H groups in total. The summed E-state index contributed by atoms with van der Waals surface area (Å²) in [6.07, 6.45) is 32.3. The van der Waals surface area contributed by atoms with E-state index in [0.717, 1.165) is 38.0 Å². The number of nitrogens with one attached hydrogen (secondary N) is 1. The first-order valence-electron chi connectivity index (χ1n) is 17.9. The van der Waals surface area contributed by atoms with Gasteiger partial charge in [0.25, 0.3) is 0 Å². The molecule has 5 nitrogen and oxygen atoms in total. The molecule has 0 aliphatic carbocycles. The molecular weight excluding hydrogens is 510 g/mol. The smallest absolute Gasteiger partial charge is 0.249 e. The fourth-order valence-electron chi connectivity index (χ4n) is 5.43. The molecule has 5 heteroatoms. The first kappa shape index (κ1) is 40.1. The van der Waals surface area contributed by atoms with Crippen molar-refractivity contribution in [1.29, 1.82) is 0 Å². The first-order chi connectivity index (χ1) is 19.9. The highest BCUT2D eigenvalue weighted by Gasteiger charge is 2.22. The number of aliphatic hydroxyl groups is 3. The van der Waals surface area contributed by atoms with Crippen LogP contribution in [0.2, 0.25) is 0 Å². The number of unbranched alkanes of at least 4 members (excludes halogenated alkanes) is 21. The van der Waals surface area contributed by atoms with E-state index in [-0.39, 0.29) is 6.61 Å². The average molecular weight is 582 g/mol. The molecule has 0 spiro atoms. The Morgan fingerprint density at radius 1 is 0.634 bits per heavy atom. The van der Waals surface area contributed by atoms with E-state index in [2.05, 4.69) is 26.1 Å². The van der Waals surface area contributed by atoms with Crippen LogP contribution in [0.15, 0.2) is 12.2 Å². The summed E-state index contributed by atoms with van der Waals surface area (Å²) in [7, 11) is 0. The fraction of sp³-hybridized carbons (Fsp3) is 0.917. The monoisotopic (exact) mass is 582 g/mol. The van der Waals surface area contributed by atoms with Crippen LogP contribution < -0.4 is 5.32 Å². The molecule has 1 amide bonds. The SMILES string of the molecule is CCCCCCCCCCCCCCCCC[C@@H](O)C(=O)N[C@@H](CO)[C@H](O)/C=C/CCCCCCCCCC(C)C. The second kappa shape index (κ2) is 30.5. The Morgan fingerprint density at radius 3 is 1.49 bits per heavy atom. The molecular formula is C36H71NO4. The van der Waals surface area contributed by atoms with E-state index in [9.17, 15) is 20.1 Å². The number of hydrogen-bond donors (Lipinski definition) is 4. The number of aliphatic hydroxyl groups excluding tert-OH is 3. The van der Waals surface area contributed by atoms with Crippen molar-refractivity contribution in [3.63, 3.8) is 0 Å². The lowest BCUT2D eigenvalue weighted by molar-refractivity contribution is -0.131. The third kappa shape index (κ3) is 27.7. The Morgan fingerprint density at radius 2 is 1.05 bits per heavy atom. The maximum Gasteiger partial charge on any atom is 0.249 e. The molecule has 0 aromatic carbocycles. The van der Waals surface area contributed by atoms with Crippen LogP contribution in [0.4, 0.5) is 0 Å². The number of carbonyl (C=O) groups excluding carboxylic acids is 1. The van der Waals surface area contributed by atoms with Crippen molar-refractivity contribution >= 4 is 5.91 Å². The van der Waals surface area contributed by atoms with Crippen LogP contribution >= 0.6 is 0 Å². The largest absolute Gasteiger partial charge is 0.394 e. The Hall–Kier alpha value is -0.910. The van der Waals surface area contributed by atoms with Crippen molar-refractivity contribution in [2.45, 2.75) is 200 Å². The highest BCUT2D eigenvalue weighted by Crippen LogP contribution is 2.15. The minimum Gasteiger partial charge on any atom is -0.394 e. The van der Waals surface area contributed by atoms with Crippen LogP contribution in [0.5, 0.6) is 0 Å². The predicted molar refractivity (Wildman–Crippen MR) is 176 cm³/mol. The summed E-state index contributed by atoms with van der Waals surface area (Å²) in [5, 5.41) is 32.9. The average Bonchev–Trinajstić information content (AvgIpc) is 2.96. The molecule has 0 aliphatic heterocycles. The van der Waals surface area contributed by atoms with Gasteiger partial charge in [0.2, 0.25) is 5.91 Å². The third-order valence-electron chi connectivity index (χ3n) is 8.31. The van der Waals surface area contributed by atoms with Crippen LogP contribution in [-0.4, -0.2) is 46.1 Å². The lowest BCUT2D eigenvalue weighted by Crippen LogP contribution is -2.48. The van der Waals surface area contributed by atoms with Gasteiger partial charge in [-0.2, -0.15) is 0 Å². The number of hydrogen-bond acceptors (Lipinski definition) is 4. The molecule has 0 bridgehead atoms. The maximum absolute atomic E-state index is 12.4. The van der Waals surface area contributed by atoms with Gasteiger partial charge in [-0.05, 0) is 25.2 Å². The molecule has 244 valence electrons. The van der Waals surface area contributed by atoms with Crippen LogP contribution in [0.1, 0.15) is 181 Å². The normalized spacial score (nSPS) is 14.1. The van der Waals surface area contributed by atoms with E-state index >= 15 is 0 Å². The highest BCUT2D eigenvalue weighted by molar-refractivity contribution is 5.80. The maximum atomic E-state index is 12.4. The Bertz CT molecular complexity index is 580. The third-order valence-corrected chi connectivity index (χ3v) is 8.31. The quantitative estimate of drug-likeness (QED) is 0.0485. The Kier molecular flexibility index (Phi) is 29.9. The summed E-state index contributed by atoms with van der Waals surface area (Å²) < 4.78 is 0. The van der Waals surface area contributed by atoms with Crippen molar-refractivity contribution < 1.29 is 20.1 Å². The second-order valence-electron chi connectivity index (χ2n) is 12.9. The summed E-state index contributed by atoms with van der Waals surface area (Å²) in [6, 6.07) is -0.791. The van der Waals surface area contributed by atoms with Crippen LogP contribution in [-0.2, 0) is 4.79 Å². The fourth-order valence-corrected chi connectivity index (χ4v) is 5.43. The molecule has 0 fully saturated rings. The minimum atomic E-state index is -1.09. The number of carbonyl (C=O) groups is 1. The molecule has 0 saturated heterocycles. The zero-order valence-corrected chi connectivity index (χ0v) is 27.6. The van der Waals surface area contributed by atoms with Gasteiger partial charge in [-0.3, -0.25) is 4.79 Å². The Balaban J connectivity index is 3.74. The van der Waals surface area contributed by atoms with E-state index in [1.54, 1.807) is 6.08 Å².